The summed E-state index contributed by atoms with van der Waals surface area (Å²) in [5, 5.41) is 0. The van der Waals surface area contributed by atoms with Crippen molar-refractivity contribution in [1.29, 1.82) is 0 Å². The lowest BCUT2D eigenvalue weighted by atomic mass is 9.82. The van der Waals surface area contributed by atoms with Crippen molar-refractivity contribution in [3.8, 4) is 0 Å². The Hall–Kier alpha value is -0.260. The third kappa shape index (κ3) is 7.17. The molecule has 14 heavy (non-hydrogen) atoms. The van der Waals surface area contributed by atoms with Crippen LogP contribution < -0.4 is 0 Å². The van der Waals surface area contributed by atoms with Crippen molar-refractivity contribution in [2.45, 2.75) is 68.2 Å². The van der Waals surface area contributed by atoms with Crippen molar-refractivity contribution in [3.63, 3.8) is 0 Å². The molecule has 0 spiro atoms. The molecular weight excluding hydrogens is 168 g/mol. The van der Waals surface area contributed by atoms with Gasteiger partial charge in [-0.15, -0.1) is 0 Å². The fourth-order valence-electron chi connectivity index (χ4n) is 1.89. The molecule has 0 aromatic heterocycles. The molecular formula is C14H28. The lowest BCUT2D eigenvalue weighted by Crippen LogP contribution is -2.09. The van der Waals surface area contributed by atoms with Crippen LogP contribution >= 0.6 is 0 Å². The molecule has 0 aliphatic heterocycles. The molecule has 0 fully saturated rings. The van der Waals surface area contributed by atoms with Crippen LogP contribution in [0.15, 0.2) is 11.1 Å². The maximum atomic E-state index is 2.31. The summed E-state index contributed by atoms with van der Waals surface area (Å²) in [6.07, 6.45) is 2.43. The molecule has 0 nitrogen and oxygen atoms in total. The van der Waals surface area contributed by atoms with E-state index in [-0.39, 0.29) is 0 Å². The average molecular weight is 196 g/mol. The summed E-state index contributed by atoms with van der Waals surface area (Å²) in [4.78, 5) is 0. The van der Waals surface area contributed by atoms with Gasteiger partial charge in [-0.05, 0) is 37.5 Å². The molecule has 0 aliphatic carbocycles. The van der Waals surface area contributed by atoms with Gasteiger partial charge in [0, 0.05) is 0 Å². The first kappa shape index (κ1) is 13.7. The molecule has 0 atom stereocenters. The standard InChI is InChI=1S/C14H28/c1-11(9-13(3,4)5)12(2)10-14(6,7)8/h9-10H2,1-8H3/b12-11-. The molecule has 0 aromatic rings. The van der Waals surface area contributed by atoms with E-state index in [2.05, 4.69) is 55.4 Å². The second kappa shape index (κ2) is 4.51. The van der Waals surface area contributed by atoms with Crippen LogP contribution in [-0.4, -0.2) is 0 Å². The summed E-state index contributed by atoms with van der Waals surface area (Å²) in [5.74, 6) is 0. The smallest absolute Gasteiger partial charge is 0.0271 e. The molecule has 0 unspecified atom stereocenters. The van der Waals surface area contributed by atoms with E-state index < -0.39 is 0 Å². The molecule has 0 amide bonds. The summed E-state index contributed by atoms with van der Waals surface area (Å²) >= 11 is 0. The van der Waals surface area contributed by atoms with Crippen molar-refractivity contribution in [1.82, 2.24) is 0 Å². The second-order valence-electron chi connectivity index (χ2n) is 7.04. The van der Waals surface area contributed by atoms with Crippen LogP contribution in [-0.2, 0) is 0 Å². The van der Waals surface area contributed by atoms with E-state index in [1.807, 2.05) is 0 Å². The Bertz CT molecular complexity index is 181. The fourth-order valence-corrected chi connectivity index (χ4v) is 1.89. The van der Waals surface area contributed by atoms with Gasteiger partial charge in [-0.25, -0.2) is 0 Å². The zero-order chi connectivity index (χ0) is 11.6. The van der Waals surface area contributed by atoms with Gasteiger partial charge in [-0.3, -0.25) is 0 Å². The topological polar surface area (TPSA) is 0 Å². The van der Waals surface area contributed by atoms with Crippen LogP contribution in [0.4, 0.5) is 0 Å². The Morgan fingerprint density at radius 1 is 0.643 bits per heavy atom. The molecule has 0 saturated heterocycles. The first-order valence-electron chi connectivity index (χ1n) is 5.66. The first-order chi connectivity index (χ1) is 6.01. The Morgan fingerprint density at radius 2 is 0.857 bits per heavy atom. The van der Waals surface area contributed by atoms with Gasteiger partial charge >= 0.3 is 0 Å². The molecule has 0 heteroatoms. The zero-order valence-corrected chi connectivity index (χ0v) is 11.4. The van der Waals surface area contributed by atoms with Crippen molar-refractivity contribution in [2.24, 2.45) is 10.8 Å². The van der Waals surface area contributed by atoms with E-state index in [0.717, 1.165) is 0 Å². The summed E-state index contributed by atoms with van der Waals surface area (Å²) in [5.41, 5.74) is 3.99. The molecule has 0 bridgehead atoms. The normalized spacial score (nSPS) is 15.4. The maximum absolute atomic E-state index is 2.31. The highest BCUT2D eigenvalue weighted by Crippen LogP contribution is 2.30. The third-order valence-corrected chi connectivity index (χ3v) is 2.32. The van der Waals surface area contributed by atoms with Gasteiger partial charge in [0.2, 0.25) is 0 Å². The zero-order valence-electron chi connectivity index (χ0n) is 11.4. The number of hydrogen-bond donors (Lipinski definition) is 0. The Balaban J connectivity index is 4.45. The van der Waals surface area contributed by atoms with Gasteiger partial charge in [0.25, 0.3) is 0 Å². The number of allylic oxidation sites excluding steroid dienone is 2. The summed E-state index contributed by atoms with van der Waals surface area (Å²) in [7, 11) is 0. The molecule has 0 heterocycles. The van der Waals surface area contributed by atoms with E-state index >= 15 is 0 Å². The monoisotopic (exact) mass is 196 g/mol. The van der Waals surface area contributed by atoms with Crippen molar-refractivity contribution < 1.29 is 0 Å². The largest absolute Gasteiger partial charge is 0.0739 e. The first-order valence-corrected chi connectivity index (χ1v) is 5.66. The second-order valence-corrected chi connectivity index (χ2v) is 7.04. The van der Waals surface area contributed by atoms with Crippen LogP contribution in [0.1, 0.15) is 68.2 Å². The maximum Gasteiger partial charge on any atom is -0.0271 e. The summed E-state index contributed by atoms with van der Waals surface area (Å²) < 4.78 is 0. The minimum absolute atomic E-state index is 0.420. The molecule has 0 saturated carbocycles. The van der Waals surface area contributed by atoms with Gasteiger partial charge in [-0.1, -0.05) is 52.7 Å². The van der Waals surface area contributed by atoms with Crippen LogP contribution in [0, 0.1) is 10.8 Å². The van der Waals surface area contributed by atoms with E-state index in [0.29, 0.717) is 10.8 Å². The molecule has 0 aliphatic rings. The van der Waals surface area contributed by atoms with Crippen LogP contribution in [0.5, 0.6) is 0 Å². The van der Waals surface area contributed by atoms with E-state index in [9.17, 15) is 0 Å². The fraction of sp³-hybridized carbons (Fsp3) is 0.857. The quantitative estimate of drug-likeness (QED) is 0.533. The van der Waals surface area contributed by atoms with Gasteiger partial charge in [0.15, 0.2) is 0 Å². The highest BCUT2D eigenvalue weighted by Gasteiger charge is 2.15. The Labute approximate surface area is 90.8 Å². The molecule has 0 rings (SSSR count). The molecule has 0 aromatic carbocycles. The lowest BCUT2D eigenvalue weighted by Gasteiger charge is -2.24. The molecule has 0 radical (unpaired) electrons. The van der Waals surface area contributed by atoms with Gasteiger partial charge < -0.3 is 0 Å². The highest BCUT2D eigenvalue weighted by molar-refractivity contribution is 5.12. The van der Waals surface area contributed by atoms with Gasteiger partial charge in [-0.2, -0.15) is 0 Å². The van der Waals surface area contributed by atoms with E-state index in [1.54, 1.807) is 11.1 Å². The van der Waals surface area contributed by atoms with E-state index in [1.165, 1.54) is 12.8 Å². The minimum Gasteiger partial charge on any atom is -0.0739 e. The Kier molecular flexibility index (Phi) is 4.42. The number of rotatable bonds is 2. The van der Waals surface area contributed by atoms with Crippen LogP contribution in [0.25, 0.3) is 0 Å². The van der Waals surface area contributed by atoms with E-state index in [4.69, 9.17) is 0 Å². The Morgan fingerprint density at radius 3 is 1.00 bits per heavy atom. The molecule has 84 valence electrons. The predicted molar refractivity (Wildman–Crippen MR) is 66.5 cm³/mol. The van der Waals surface area contributed by atoms with Gasteiger partial charge in [0.1, 0.15) is 0 Å². The third-order valence-electron chi connectivity index (χ3n) is 2.32. The molecule has 0 N–H and O–H groups in total. The van der Waals surface area contributed by atoms with Gasteiger partial charge in [0.05, 0.1) is 0 Å². The van der Waals surface area contributed by atoms with Crippen LogP contribution in [0.3, 0.4) is 0 Å². The predicted octanol–water partition coefficient (Wildman–Crippen LogP) is 5.20. The van der Waals surface area contributed by atoms with Crippen molar-refractivity contribution in [3.05, 3.63) is 11.1 Å². The lowest BCUT2D eigenvalue weighted by molar-refractivity contribution is 0.390. The highest BCUT2D eigenvalue weighted by atomic mass is 14.2. The summed E-state index contributed by atoms with van der Waals surface area (Å²) in [6.45, 7) is 18.4. The van der Waals surface area contributed by atoms with Crippen molar-refractivity contribution in [2.75, 3.05) is 0 Å². The minimum atomic E-state index is 0.420. The average Bonchev–Trinajstić information content (AvgIpc) is 1.78. The van der Waals surface area contributed by atoms with Crippen LogP contribution in [0.2, 0.25) is 0 Å². The summed E-state index contributed by atoms with van der Waals surface area (Å²) in [6, 6.07) is 0. The number of hydrogen-bond acceptors (Lipinski definition) is 0. The SMILES string of the molecule is C/C(CC(C)(C)C)=C(\C)CC(C)(C)C. The van der Waals surface area contributed by atoms with Crippen molar-refractivity contribution >= 4 is 0 Å².